The highest BCUT2D eigenvalue weighted by Gasteiger charge is 2.27. The van der Waals surface area contributed by atoms with Crippen molar-refractivity contribution in [2.24, 2.45) is 0 Å². The van der Waals surface area contributed by atoms with Crippen LogP contribution in [-0.2, 0) is 9.53 Å². The zero-order valence-electron chi connectivity index (χ0n) is 34.0. The molecular formula is C46H55N9O3. The SMILES string of the molecule is C=C/C(=C(/C)C1=C(C)OCCN1)c1ccc2cnc(Nc3ccc(N4CCN(CCN5CCC(c6ccc(N7CCC(=O)NC7=O)c(C)c6)CC5)CC4)cc3)nc2c1. The van der Waals surface area contributed by atoms with Crippen LogP contribution in [-0.4, -0.2) is 104 Å². The first-order valence-electron chi connectivity index (χ1n) is 20.7. The van der Waals surface area contributed by atoms with Gasteiger partial charge in [0.05, 0.1) is 11.2 Å². The predicted molar refractivity (Wildman–Crippen MR) is 232 cm³/mol. The monoisotopic (exact) mass is 781 g/mol. The number of nitrogens with zero attached hydrogens (tertiary/aromatic N) is 6. The largest absolute Gasteiger partial charge is 0.494 e. The molecule has 0 unspecified atom stereocenters. The van der Waals surface area contributed by atoms with Crippen LogP contribution in [0.15, 0.2) is 96.5 Å². The van der Waals surface area contributed by atoms with Gasteiger partial charge >= 0.3 is 6.03 Å². The minimum atomic E-state index is -0.326. The molecule has 3 aromatic carbocycles. The molecule has 4 aromatic rings. The topological polar surface area (TPSA) is 118 Å². The van der Waals surface area contributed by atoms with Gasteiger partial charge in [-0.05, 0) is 117 Å². The fourth-order valence-corrected chi connectivity index (χ4v) is 8.76. The van der Waals surface area contributed by atoms with Crippen molar-refractivity contribution in [2.45, 2.75) is 46.0 Å². The number of benzene rings is 3. The van der Waals surface area contributed by atoms with Crippen LogP contribution in [0.2, 0.25) is 0 Å². The Kier molecular flexibility index (Phi) is 11.7. The smallest absolute Gasteiger partial charge is 0.328 e. The number of ether oxygens (including phenoxy) is 1. The molecule has 12 nitrogen and oxygen atoms in total. The zero-order valence-corrected chi connectivity index (χ0v) is 34.0. The van der Waals surface area contributed by atoms with Crippen LogP contribution in [0.3, 0.4) is 0 Å². The number of amides is 3. The molecular weight excluding hydrogens is 727 g/mol. The summed E-state index contributed by atoms with van der Waals surface area (Å²) in [7, 11) is 0. The van der Waals surface area contributed by atoms with E-state index in [0.717, 1.165) is 128 Å². The minimum absolute atomic E-state index is 0.204. The molecule has 1 aromatic heterocycles. The highest BCUT2D eigenvalue weighted by molar-refractivity contribution is 6.06. The molecule has 3 saturated heterocycles. The lowest BCUT2D eigenvalue weighted by Crippen LogP contribution is -2.49. The number of imide groups is 1. The molecule has 4 aliphatic rings. The Morgan fingerprint density at radius 3 is 2.40 bits per heavy atom. The Hall–Kier alpha value is -5.72. The fourth-order valence-electron chi connectivity index (χ4n) is 8.76. The molecule has 5 heterocycles. The standard InChI is InChI=1S/C46H55N9O3/c1-5-40(32(3)44-33(4)58-27-17-47-44)36-6-7-37-30-48-45(50-41(37)29-36)49-38-9-11-39(12-10-38)54-25-23-53(24-26-54)22-21-52-18-14-34(15-19-52)35-8-13-42(31(2)28-35)55-20-16-43(56)51-46(55)57/h5-13,28-30,34,47H,1,14-27H2,2-4H3,(H,48,49,50)(H,51,56,57)/b40-32+. The number of anilines is 4. The molecule has 3 N–H and O–H groups in total. The predicted octanol–water partition coefficient (Wildman–Crippen LogP) is 6.94. The van der Waals surface area contributed by atoms with Crippen molar-refractivity contribution in [1.29, 1.82) is 0 Å². The first-order valence-corrected chi connectivity index (χ1v) is 20.7. The summed E-state index contributed by atoms with van der Waals surface area (Å²) in [5, 5.41) is 10.3. The highest BCUT2D eigenvalue weighted by Crippen LogP contribution is 2.33. The lowest BCUT2D eigenvalue weighted by atomic mass is 9.88. The molecule has 0 bridgehead atoms. The number of piperidine rings is 1. The maximum Gasteiger partial charge on any atom is 0.328 e. The van der Waals surface area contributed by atoms with Gasteiger partial charge < -0.3 is 25.2 Å². The summed E-state index contributed by atoms with van der Waals surface area (Å²) in [5.41, 5.74) is 10.6. The number of likely N-dealkylation sites (tertiary alicyclic amines) is 1. The molecule has 3 amide bonds. The van der Waals surface area contributed by atoms with Crippen molar-refractivity contribution in [1.82, 2.24) is 30.4 Å². The van der Waals surface area contributed by atoms with Crippen molar-refractivity contribution in [3.63, 3.8) is 0 Å². The number of allylic oxidation sites excluding steroid dienone is 4. The maximum atomic E-state index is 12.4. The third-order valence-corrected chi connectivity index (χ3v) is 12.2. The second-order valence-electron chi connectivity index (χ2n) is 15.8. The maximum absolute atomic E-state index is 12.4. The number of fused-ring (bicyclic) bond motifs is 1. The number of hydrogen-bond donors (Lipinski definition) is 3. The Labute approximate surface area is 341 Å². The van der Waals surface area contributed by atoms with E-state index < -0.39 is 0 Å². The first kappa shape index (κ1) is 39.1. The number of aryl methyl sites for hydroxylation is 1. The summed E-state index contributed by atoms with van der Waals surface area (Å²) < 4.78 is 5.79. The van der Waals surface area contributed by atoms with Gasteiger partial charge in [0, 0.05) is 87.4 Å². The van der Waals surface area contributed by atoms with Crippen molar-refractivity contribution < 1.29 is 14.3 Å². The Morgan fingerprint density at radius 1 is 0.931 bits per heavy atom. The fraction of sp³-hybridized carbons (Fsp3) is 0.391. The van der Waals surface area contributed by atoms with Crippen LogP contribution < -0.4 is 25.8 Å². The summed E-state index contributed by atoms with van der Waals surface area (Å²) in [4.78, 5) is 42.8. The number of aromatic nitrogens is 2. The molecule has 0 aliphatic carbocycles. The Morgan fingerprint density at radius 2 is 1.69 bits per heavy atom. The van der Waals surface area contributed by atoms with E-state index in [-0.39, 0.29) is 11.9 Å². The van der Waals surface area contributed by atoms with Gasteiger partial charge in [0.25, 0.3) is 0 Å². The number of carbonyl (C=O) groups is 2. The normalized spacial score (nSPS) is 19.1. The summed E-state index contributed by atoms with van der Waals surface area (Å²) >= 11 is 0. The Bertz CT molecular complexity index is 2230. The van der Waals surface area contributed by atoms with Gasteiger partial charge in [-0.1, -0.05) is 36.9 Å². The molecule has 0 saturated carbocycles. The van der Waals surface area contributed by atoms with Gasteiger partial charge in [0.15, 0.2) is 0 Å². The van der Waals surface area contributed by atoms with Gasteiger partial charge in [-0.25, -0.2) is 14.8 Å². The van der Waals surface area contributed by atoms with Crippen LogP contribution in [0.4, 0.5) is 27.8 Å². The summed E-state index contributed by atoms with van der Waals surface area (Å²) in [5.74, 6) is 1.79. The lowest BCUT2D eigenvalue weighted by Gasteiger charge is -2.38. The third-order valence-electron chi connectivity index (χ3n) is 12.2. The van der Waals surface area contributed by atoms with E-state index in [0.29, 0.717) is 31.4 Å². The van der Waals surface area contributed by atoms with Crippen LogP contribution in [0.1, 0.15) is 55.7 Å². The number of nitrogens with one attached hydrogen (secondary N) is 3. The van der Waals surface area contributed by atoms with Gasteiger partial charge in [-0.15, -0.1) is 0 Å². The van der Waals surface area contributed by atoms with E-state index in [1.54, 1.807) is 4.90 Å². The average molecular weight is 782 g/mol. The molecule has 4 aliphatic heterocycles. The molecule has 12 heteroatoms. The van der Waals surface area contributed by atoms with Crippen molar-refractivity contribution in [2.75, 3.05) is 87.2 Å². The van der Waals surface area contributed by atoms with Gasteiger partial charge in [0.2, 0.25) is 11.9 Å². The van der Waals surface area contributed by atoms with E-state index >= 15 is 0 Å². The molecule has 0 spiro atoms. The Balaban J connectivity index is 0.796. The number of rotatable bonds is 11. The number of hydrogen-bond acceptors (Lipinski definition) is 10. The van der Waals surface area contributed by atoms with Gasteiger partial charge in [0.1, 0.15) is 12.4 Å². The quantitative estimate of drug-likeness (QED) is 0.138. The van der Waals surface area contributed by atoms with Crippen molar-refractivity contribution in [3.8, 4) is 0 Å². The molecule has 0 radical (unpaired) electrons. The molecule has 0 atom stereocenters. The zero-order chi connectivity index (χ0) is 40.2. The summed E-state index contributed by atoms with van der Waals surface area (Å²) in [6.07, 6.45) is 6.39. The molecule has 58 heavy (non-hydrogen) atoms. The van der Waals surface area contributed by atoms with Gasteiger partial charge in [-0.3, -0.25) is 19.9 Å². The van der Waals surface area contributed by atoms with E-state index in [4.69, 9.17) is 9.72 Å². The number of urea groups is 1. The van der Waals surface area contributed by atoms with Crippen LogP contribution >= 0.6 is 0 Å². The van der Waals surface area contributed by atoms with E-state index in [1.165, 1.54) is 11.3 Å². The number of carbonyl (C=O) groups excluding carboxylic acids is 2. The van der Waals surface area contributed by atoms with Crippen LogP contribution in [0.5, 0.6) is 0 Å². The van der Waals surface area contributed by atoms with E-state index in [1.807, 2.05) is 19.2 Å². The van der Waals surface area contributed by atoms with Crippen LogP contribution in [0, 0.1) is 6.92 Å². The van der Waals surface area contributed by atoms with Gasteiger partial charge in [-0.2, -0.15) is 0 Å². The van der Waals surface area contributed by atoms with E-state index in [9.17, 15) is 9.59 Å². The summed E-state index contributed by atoms with van der Waals surface area (Å²) in [6, 6.07) is 21.0. The lowest BCUT2D eigenvalue weighted by molar-refractivity contribution is -0.120. The summed E-state index contributed by atoms with van der Waals surface area (Å²) in [6.45, 7) is 20.7. The second-order valence-corrected chi connectivity index (χ2v) is 15.8. The third kappa shape index (κ3) is 8.73. The number of piperazine rings is 1. The molecule has 8 rings (SSSR count). The average Bonchev–Trinajstić information content (AvgIpc) is 3.24. The van der Waals surface area contributed by atoms with Crippen molar-refractivity contribution >= 4 is 51.4 Å². The minimum Gasteiger partial charge on any atom is -0.494 e. The molecule has 3 fully saturated rings. The first-order chi connectivity index (χ1) is 28.2. The second kappa shape index (κ2) is 17.4. The molecule has 302 valence electrons. The highest BCUT2D eigenvalue weighted by atomic mass is 16.5. The van der Waals surface area contributed by atoms with Crippen LogP contribution in [0.25, 0.3) is 16.5 Å². The van der Waals surface area contributed by atoms with E-state index in [2.05, 4.69) is 117 Å². The van der Waals surface area contributed by atoms with Crippen molar-refractivity contribution in [3.05, 3.63) is 113 Å².